The Hall–Kier alpha value is -0.0500. The Morgan fingerprint density at radius 2 is 1.85 bits per heavy atom. The second-order valence-electron chi connectivity index (χ2n) is 8.95. The number of guanidine groups is 1. The Bertz CT molecular complexity index is 569. The SMILES string of the molecule is CCNC(=NCC(C)(C)CCS(C)(=O)=O)N1CCC2(CCCCC2)C1.I. The van der Waals surface area contributed by atoms with Crippen LogP contribution in [0.1, 0.15) is 65.7 Å². The molecule has 1 saturated carbocycles. The number of nitrogens with one attached hydrogen (secondary N) is 1. The molecule has 5 nitrogen and oxygen atoms in total. The van der Waals surface area contributed by atoms with Crippen LogP contribution in [0, 0.1) is 10.8 Å². The van der Waals surface area contributed by atoms with Gasteiger partial charge in [-0.3, -0.25) is 4.99 Å². The summed E-state index contributed by atoms with van der Waals surface area (Å²) in [5.74, 6) is 1.25. The lowest BCUT2D eigenvalue weighted by Gasteiger charge is -2.34. The van der Waals surface area contributed by atoms with Crippen molar-refractivity contribution in [3.8, 4) is 0 Å². The van der Waals surface area contributed by atoms with Crippen LogP contribution in [0.3, 0.4) is 0 Å². The molecule has 0 radical (unpaired) electrons. The van der Waals surface area contributed by atoms with Gasteiger partial charge in [0.1, 0.15) is 9.84 Å². The Morgan fingerprint density at radius 3 is 2.42 bits per heavy atom. The van der Waals surface area contributed by atoms with E-state index in [4.69, 9.17) is 4.99 Å². The van der Waals surface area contributed by atoms with Gasteiger partial charge in [0.2, 0.25) is 0 Å². The van der Waals surface area contributed by atoms with Crippen molar-refractivity contribution in [2.45, 2.75) is 65.7 Å². The van der Waals surface area contributed by atoms with Gasteiger partial charge in [0, 0.05) is 32.4 Å². The maximum atomic E-state index is 11.4. The molecule has 154 valence electrons. The van der Waals surface area contributed by atoms with E-state index in [9.17, 15) is 8.42 Å². The van der Waals surface area contributed by atoms with Gasteiger partial charge in [0.25, 0.3) is 0 Å². The van der Waals surface area contributed by atoms with Crippen molar-refractivity contribution in [2.75, 3.05) is 38.2 Å². The van der Waals surface area contributed by atoms with Crippen LogP contribution in [0.2, 0.25) is 0 Å². The molecule has 1 N–H and O–H groups in total. The zero-order valence-electron chi connectivity index (χ0n) is 17.0. The highest BCUT2D eigenvalue weighted by molar-refractivity contribution is 14.0. The van der Waals surface area contributed by atoms with Crippen molar-refractivity contribution in [1.82, 2.24) is 10.2 Å². The molecule has 2 aliphatic rings. The first-order chi connectivity index (χ1) is 11.6. The minimum Gasteiger partial charge on any atom is -0.357 e. The van der Waals surface area contributed by atoms with Crippen molar-refractivity contribution in [2.24, 2.45) is 15.8 Å². The largest absolute Gasteiger partial charge is 0.357 e. The number of halogens is 1. The van der Waals surface area contributed by atoms with Crippen molar-refractivity contribution < 1.29 is 8.42 Å². The molecule has 0 bridgehead atoms. The summed E-state index contributed by atoms with van der Waals surface area (Å²) in [5, 5.41) is 3.45. The van der Waals surface area contributed by atoms with Crippen molar-refractivity contribution >= 4 is 39.8 Å². The monoisotopic (exact) mass is 499 g/mol. The predicted molar refractivity (Wildman–Crippen MR) is 121 cm³/mol. The molecule has 1 spiro atoms. The molecule has 0 unspecified atom stereocenters. The second kappa shape index (κ2) is 9.94. The number of hydrogen-bond acceptors (Lipinski definition) is 3. The van der Waals surface area contributed by atoms with Crippen molar-refractivity contribution in [3.05, 3.63) is 0 Å². The highest BCUT2D eigenvalue weighted by Crippen LogP contribution is 2.43. The van der Waals surface area contributed by atoms with E-state index in [1.165, 1.54) is 44.8 Å². The third-order valence-electron chi connectivity index (χ3n) is 5.79. The molecule has 0 amide bonds. The van der Waals surface area contributed by atoms with Gasteiger partial charge in [-0.1, -0.05) is 33.1 Å². The number of rotatable bonds is 6. The van der Waals surface area contributed by atoms with E-state index in [-0.39, 0.29) is 35.1 Å². The van der Waals surface area contributed by atoms with E-state index in [2.05, 4.69) is 31.0 Å². The standard InChI is InChI=1S/C19H37N3O2S.HI/c1-5-20-17(21-15-18(2,3)12-14-25(4,23)24)22-13-11-19(16-22)9-7-6-8-10-19;/h5-16H2,1-4H3,(H,20,21);1H. The third-order valence-corrected chi connectivity index (χ3v) is 6.74. The van der Waals surface area contributed by atoms with Gasteiger partial charge in [-0.25, -0.2) is 8.42 Å². The van der Waals surface area contributed by atoms with E-state index in [1.807, 2.05) is 0 Å². The fourth-order valence-electron chi connectivity index (χ4n) is 4.08. The predicted octanol–water partition coefficient (Wildman–Crippen LogP) is 3.69. The molecule has 0 aromatic heterocycles. The molecule has 1 heterocycles. The number of sulfone groups is 1. The van der Waals surface area contributed by atoms with Crippen molar-refractivity contribution in [3.63, 3.8) is 0 Å². The summed E-state index contributed by atoms with van der Waals surface area (Å²) < 4.78 is 22.9. The van der Waals surface area contributed by atoms with Crippen LogP contribution < -0.4 is 5.32 Å². The van der Waals surface area contributed by atoms with Gasteiger partial charge in [-0.2, -0.15) is 0 Å². The lowest BCUT2D eigenvalue weighted by Crippen LogP contribution is -2.42. The van der Waals surface area contributed by atoms with Crippen LogP contribution in [0.25, 0.3) is 0 Å². The maximum absolute atomic E-state index is 11.4. The molecule has 1 saturated heterocycles. The Balaban J connectivity index is 0.00000338. The van der Waals surface area contributed by atoms with Crippen LogP contribution >= 0.6 is 24.0 Å². The highest BCUT2D eigenvalue weighted by atomic mass is 127. The van der Waals surface area contributed by atoms with Gasteiger partial charge in [-0.15, -0.1) is 24.0 Å². The third kappa shape index (κ3) is 7.52. The zero-order valence-corrected chi connectivity index (χ0v) is 20.2. The van der Waals surface area contributed by atoms with Gasteiger partial charge < -0.3 is 10.2 Å². The number of likely N-dealkylation sites (tertiary alicyclic amines) is 1. The second-order valence-corrected chi connectivity index (χ2v) is 11.2. The Morgan fingerprint density at radius 1 is 1.19 bits per heavy atom. The summed E-state index contributed by atoms with van der Waals surface area (Å²) >= 11 is 0. The van der Waals surface area contributed by atoms with E-state index < -0.39 is 9.84 Å². The molecule has 1 aliphatic heterocycles. The van der Waals surface area contributed by atoms with Crippen LogP contribution in [0.15, 0.2) is 4.99 Å². The number of nitrogens with zero attached hydrogens (tertiary/aromatic N) is 2. The maximum Gasteiger partial charge on any atom is 0.193 e. The summed E-state index contributed by atoms with van der Waals surface area (Å²) in [4.78, 5) is 7.31. The smallest absolute Gasteiger partial charge is 0.193 e. The summed E-state index contributed by atoms with van der Waals surface area (Å²) in [6, 6.07) is 0. The Labute approximate surface area is 177 Å². The fraction of sp³-hybridized carbons (Fsp3) is 0.947. The highest BCUT2D eigenvalue weighted by Gasteiger charge is 2.39. The molecule has 26 heavy (non-hydrogen) atoms. The molecule has 0 atom stereocenters. The van der Waals surface area contributed by atoms with E-state index in [0.717, 1.165) is 25.6 Å². The minimum absolute atomic E-state index is 0. The van der Waals surface area contributed by atoms with Crippen LogP contribution in [0.4, 0.5) is 0 Å². The molecule has 1 aliphatic carbocycles. The zero-order chi connectivity index (χ0) is 18.6. The fourth-order valence-corrected chi connectivity index (χ4v) is 5.00. The summed E-state index contributed by atoms with van der Waals surface area (Å²) in [7, 11) is -2.91. The normalized spacial score (nSPS) is 20.9. The van der Waals surface area contributed by atoms with Gasteiger partial charge in [-0.05, 0) is 43.4 Å². The minimum atomic E-state index is -2.91. The van der Waals surface area contributed by atoms with Crippen LogP contribution in [-0.4, -0.2) is 57.5 Å². The number of hydrogen-bond donors (Lipinski definition) is 1. The number of aliphatic imine (C=N–C) groups is 1. The summed E-state index contributed by atoms with van der Waals surface area (Å²) in [6.45, 7) is 10.1. The van der Waals surface area contributed by atoms with Gasteiger partial charge in [0.15, 0.2) is 5.96 Å². The first-order valence-electron chi connectivity index (χ1n) is 9.86. The van der Waals surface area contributed by atoms with Crippen LogP contribution in [-0.2, 0) is 9.84 Å². The first-order valence-corrected chi connectivity index (χ1v) is 11.9. The Kier molecular flexibility index (Phi) is 9.17. The van der Waals surface area contributed by atoms with E-state index in [0.29, 0.717) is 18.4 Å². The topological polar surface area (TPSA) is 61.8 Å². The quantitative estimate of drug-likeness (QED) is 0.344. The van der Waals surface area contributed by atoms with Gasteiger partial charge in [0.05, 0.1) is 5.75 Å². The molecule has 2 fully saturated rings. The van der Waals surface area contributed by atoms with Crippen LogP contribution in [0.5, 0.6) is 0 Å². The average Bonchev–Trinajstić information content (AvgIpc) is 2.93. The molecule has 0 aromatic rings. The molecule has 7 heteroatoms. The van der Waals surface area contributed by atoms with Crippen molar-refractivity contribution in [1.29, 1.82) is 0 Å². The average molecular weight is 500 g/mol. The lowest BCUT2D eigenvalue weighted by molar-refractivity contribution is 0.203. The van der Waals surface area contributed by atoms with Gasteiger partial charge >= 0.3 is 0 Å². The lowest BCUT2D eigenvalue weighted by atomic mass is 9.73. The van der Waals surface area contributed by atoms with E-state index >= 15 is 0 Å². The molecular formula is C19H38IN3O2S. The summed E-state index contributed by atoms with van der Waals surface area (Å²) in [6.07, 6.45) is 10.1. The van der Waals surface area contributed by atoms with E-state index in [1.54, 1.807) is 0 Å². The molecular weight excluding hydrogens is 461 g/mol. The molecule has 0 aromatic carbocycles. The summed E-state index contributed by atoms with van der Waals surface area (Å²) in [5.41, 5.74) is 0.409. The first kappa shape index (κ1) is 24.0. The molecule has 2 rings (SSSR count).